The topological polar surface area (TPSA) is 91.0 Å². The summed E-state index contributed by atoms with van der Waals surface area (Å²) in [4.78, 5) is 38.4. The van der Waals surface area contributed by atoms with E-state index in [-0.39, 0.29) is 36.7 Å². The van der Waals surface area contributed by atoms with Crippen LogP contribution in [0.2, 0.25) is 5.02 Å². The quantitative estimate of drug-likeness (QED) is 0.692. The van der Waals surface area contributed by atoms with Gasteiger partial charge in [-0.1, -0.05) is 23.7 Å². The summed E-state index contributed by atoms with van der Waals surface area (Å²) in [6, 6.07) is 11.0. The van der Waals surface area contributed by atoms with E-state index >= 15 is 0 Å². The van der Waals surface area contributed by atoms with Crippen LogP contribution in [0.4, 0.5) is 0 Å². The highest BCUT2D eigenvalue weighted by Crippen LogP contribution is 2.29. The molecule has 0 radical (unpaired) electrons. The van der Waals surface area contributed by atoms with Gasteiger partial charge in [-0.15, -0.1) is 0 Å². The molecule has 0 spiro atoms. The zero-order valence-electron chi connectivity index (χ0n) is 15.4. The zero-order valence-corrected chi connectivity index (χ0v) is 16.1. The Bertz CT molecular complexity index is 984. The highest BCUT2D eigenvalue weighted by molar-refractivity contribution is 6.30. The van der Waals surface area contributed by atoms with Crippen LogP contribution >= 0.6 is 11.6 Å². The number of amides is 2. The predicted octanol–water partition coefficient (Wildman–Crippen LogP) is 2.84. The number of benzene rings is 1. The van der Waals surface area contributed by atoms with Crippen LogP contribution in [0.1, 0.15) is 30.8 Å². The van der Waals surface area contributed by atoms with Crippen molar-refractivity contribution < 1.29 is 9.59 Å². The third-order valence-corrected chi connectivity index (χ3v) is 5.34. The molecule has 1 fully saturated rings. The number of carbonyl (C=O) groups excluding carboxylic acids is 2. The van der Waals surface area contributed by atoms with Gasteiger partial charge in [0.05, 0.1) is 24.0 Å². The number of rotatable bonds is 5. The minimum absolute atomic E-state index is 0.0180. The molecule has 1 unspecified atom stereocenters. The lowest BCUT2D eigenvalue weighted by Gasteiger charge is -2.25. The molecule has 1 aromatic carbocycles. The predicted molar refractivity (Wildman–Crippen MR) is 105 cm³/mol. The lowest BCUT2D eigenvalue weighted by molar-refractivity contribution is -0.130. The Hall–Kier alpha value is -2.93. The summed E-state index contributed by atoms with van der Waals surface area (Å²) >= 11 is 5.94. The molecule has 144 valence electrons. The number of pyridine rings is 1. The molecule has 3 heterocycles. The number of imidazole rings is 1. The van der Waals surface area contributed by atoms with Gasteiger partial charge >= 0.3 is 0 Å². The summed E-state index contributed by atoms with van der Waals surface area (Å²) in [7, 11) is 0. The second-order valence-corrected chi connectivity index (χ2v) is 7.39. The fraction of sp³-hybridized carbons (Fsp3) is 0.300. The van der Waals surface area contributed by atoms with Crippen molar-refractivity contribution in [3.8, 4) is 0 Å². The number of halogens is 1. The second-order valence-electron chi connectivity index (χ2n) is 6.95. The number of aromatic nitrogens is 3. The molecule has 2 aromatic heterocycles. The maximum atomic E-state index is 12.6. The van der Waals surface area contributed by atoms with Gasteiger partial charge in [0.1, 0.15) is 5.82 Å². The van der Waals surface area contributed by atoms with Crippen LogP contribution in [0.25, 0.3) is 11.2 Å². The number of nitrogens with one attached hydrogen (secondary N) is 2. The van der Waals surface area contributed by atoms with Crippen molar-refractivity contribution in [2.45, 2.75) is 25.9 Å². The minimum atomic E-state index is -0.371. The second kappa shape index (κ2) is 7.59. The maximum Gasteiger partial charge on any atom is 0.225 e. The summed E-state index contributed by atoms with van der Waals surface area (Å²) < 4.78 is 0. The molecular weight excluding hydrogens is 378 g/mol. The first-order valence-electron chi connectivity index (χ1n) is 9.13. The van der Waals surface area contributed by atoms with E-state index in [9.17, 15) is 9.59 Å². The van der Waals surface area contributed by atoms with Crippen LogP contribution < -0.4 is 5.32 Å². The molecule has 1 aliphatic rings. The Kier molecular flexibility index (Phi) is 5.00. The van der Waals surface area contributed by atoms with Crippen molar-refractivity contribution in [1.82, 2.24) is 25.2 Å². The van der Waals surface area contributed by atoms with Crippen LogP contribution in [-0.4, -0.2) is 38.2 Å². The molecule has 28 heavy (non-hydrogen) atoms. The van der Waals surface area contributed by atoms with E-state index in [2.05, 4.69) is 20.3 Å². The molecule has 0 bridgehead atoms. The lowest BCUT2D eigenvalue weighted by Crippen LogP contribution is -2.33. The van der Waals surface area contributed by atoms with Gasteiger partial charge in [-0.25, -0.2) is 9.97 Å². The summed E-state index contributed by atoms with van der Waals surface area (Å²) in [6.07, 6.45) is 1.89. The molecule has 2 amide bonds. The SMILES string of the molecule is C[C@@H](c1ccc(Cl)cc1)N1CC(C(=O)NCc2nc3ncccc3[nH]2)CC1=O. The van der Waals surface area contributed by atoms with E-state index < -0.39 is 0 Å². The molecule has 0 aliphatic carbocycles. The summed E-state index contributed by atoms with van der Waals surface area (Å²) in [5, 5.41) is 3.53. The van der Waals surface area contributed by atoms with Crippen molar-refractivity contribution in [2.75, 3.05) is 6.54 Å². The first-order valence-corrected chi connectivity index (χ1v) is 9.51. The average molecular weight is 398 g/mol. The van der Waals surface area contributed by atoms with Crippen molar-refractivity contribution >= 4 is 34.6 Å². The van der Waals surface area contributed by atoms with Crippen LogP contribution in [-0.2, 0) is 16.1 Å². The Labute approximate surface area is 167 Å². The fourth-order valence-electron chi connectivity index (χ4n) is 3.50. The molecule has 8 heteroatoms. The number of carbonyl (C=O) groups is 2. The van der Waals surface area contributed by atoms with Crippen molar-refractivity contribution in [1.29, 1.82) is 0 Å². The van der Waals surface area contributed by atoms with E-state index in [4.69, 9.17) is 11.6 Å². The molecule has 2 N–H and O–H groups in total. The largest absolute Gasteiger partial charge is 0.349 e. The van der Waals surface area contributed by atoms with Crippen LogP contribution in [0.3, 0.4) is 0 Å². The van der Waals surface area contributed by atoms with Crippen LogP contribution in [0.5, 0.6) is 0 Å². The number of fused-ring (bicyclic) bond motifs is 1. The first-order chi connectivity index (χ1) is 13.5. The highest BCUT2D eigenvalue weighted by Gasteiger charge is 2.36. The van der Waals surface area contributed by atoms with Gasteiger partial charge < -0.3 is 15.2 Å². The van der Waals surface area contributed by atoms with Gasteiger partial charge in [0.2, 0.25) is 11.8 Å². The molecule has 7 nitrogen and oxygen atoms in total. The summed E-state index contributed by atoms with van der Waals surface area (Å²) in [5.41, 5.74) is 2.44. The van der Waals surface area contributed by atoms with Gasteiger partial charge in [0.25, 0.3) is 0 Å². The molecule has 0 saturated carbocycles. The molecule has 1 aliphatic heterocycles. The standard InChI is InChI=1S/C20H20ClN5O2/c1-12(13-4-6-15(21)7-5-13)26-11-14(9-18(26)27)20(28)23-10-17-24-16-3-2-8-22-19(16)25-17/h2-8,12,14H,9-11H2,1H3,(H,23,28)(H,22,24,25)/t12-,14?/m0/s1. The van der Waals surface area contributed by atoms with E-state index in [0.717, 1.165) is 11.1 Å². The van der Waals surface area contributed by atoms with Gasteiger partial charge in [-0.3, -0.25) is 9.59 Å². The van der Waals surface area contributed by atoms with Gasteiger partial charge in [0.15, 0.2) is 5.65 Å². The normalized spacial score (nSPS) is 17.9. The number of hydrogen-bond acceptors (Lipinski definition) is 4. The van der Waals surface area contributed by atoms with E-state index in [1.54, 1.807) is 23.2 Å². The minimum Gasteiger partial charge on any atom is -0.349 e. The Morgan fingerprint density at radius 1 is 1.36 bits per heavy atom. The molecule has 3 aromatic rings. The van der Waals surface area contributed by atoms with Gasteiger partial charge in [0, 0.05) is 24.2 Å². The molecule has 1 saturated heterocycles. The van der Waals surface area contributed by atoms with E-state index in [1.165, 1.54) is 0 Å². The third-order valence-electron chi connectivity index (χ3n) is 5.09. The van der Waals surface area contributed by atoms with E-state index in [1.807, 2.05) is 31.2 Å². The third kappa shape index (κ3) is 3.71. The Balaban J connectivity index is 1.37. The van der Waals surface area contributed by atoms with Gasteiger partial charge in [-0.2, -0.15) is 0 Å². The monoisotopic (exact) mass is 397 g/mol. The lowest BCUT2D eigenvalue weighted by atomic mass is 10.1. The van der Waals surface area contributed by atoms with E-state index in [0.29, 0.717) is 23.0 Å². The van der Waals surface area contributed by atoms with Crippen LogP contribution in [0, 0.1) is 5.92 Å². The highest BCUT2D eigenvalue weighted by atomic mass is 35.5. The Morgan fingerprint density at radius 3 is 2.89 bits per heavy atom. The van der Waals surface area contributed by atoms with Crippen molar-refractivity contribution in [2.24, 2.45) is 5.92 Å². The molecule has 4 rings (SSSR count). The average Bonchev–Trinajstić information content (AvgIpc) is 3.29. The smallest absolute Gasteiger partial charge is 0.225 e. The zero-order chi connectivity index (χ0) is 19.7. The number of likely N-dealkylation sites (tertiary alicyclic amines) is 1. The summed E-state index contributed by atoms with van der Waals surface area (Å²) in [6.45, 7) is 2.63. The van der Waals surface area contributed by atoms with Crippen molar-refractivity contribution in [3.63, 3.8) is 0 Å². The number of nitrogens with zero attached hydrogens (tertiary/aromatic N) is 3. The van der Waals surface area contributed by atoms with Crippen molar-refractivity contribution in [3.05, 3.63) is 59.0 Å². The first kappa shape index (κ1) is 18.4. The molecule has 2 atom stereocenters. The molecular formula is C20H20ClN5O2. The number of H-pyrrole nitrogens is 1. The maximum absolute atomic E-state index is 12.6. The number of hydrogen-bond donors (Lipinski definition) is 2. The number of aromatic amines is 1. The van der Waals surface area contributed by atoms with Crippen LogP contribution in [0.15, 0.2) is 42.6 Å². The summed E-state index contributed by atoms with van der Waals surface area (Å²) in [5.74, 6) is 0.102. The fourth-order valence-corrected chi connectivity index (χ4v) is 3.62. The van der Waals surface area contributed by atoms with Gasteiger partial charge in [-0.05, 0) is 36.8 Å². The Morgan fingerprint density at radius 2 is 2.14 bits per heavy atom.